The second-order valence-corrected chi connectivity index (χ2v) is 12.1. The van der Waals surface area contributed by atoms with E-state index >= 15 is 0 Å². The van der Waals surface area contributed by atoms with Crippen LogP contribution in [0.25, 0.3) is 0 Å². The summed E-state index contributed by atoms with van der Waals surface area (Å²) in [5.41, 5.74) is 0.943. The number of aliphatic hydroxyl groups is 2. The van der Waals surface area contributed by atoms with E-state index in [1.54, 1.807) is 0 Å². The van der Waals surface area contributed by atoms with Gasteiger partial charge in [0.25, 0.3) is 0 Å². The van der Waals surface area contributed by atoms with E-state index in [2.05, 4.69) is 32.6 Å². The number of hydrogen-bond acceptors (Lipinski definition) is 5. The first kappa shape index (κ1) is 32.4. The van der Waals surface area contributed by atoms with Crippen molar-refractivity contribution in [2.75, 3.05) is 39.5 Å². The fourth-order valence-corrected chi connectivity index (χ4v) is 7.75. The van der Waals surface area contributed by atoms with Gasteiger partial charge in [0, 0.05) is 19.6 Å². The van der Waals surface area contributed by atoms with Gasteiger partial charge in [-0.2, -0.15) is 0 Å². The predicted molar refractivity (Wildman–Crippen MR) is 146 cm³/mol. The maximum Gasteiger partial charge on any atom is 0.305 e. The molecular formula is C30H59NO4. The summed E-state index contributed by atoms with van der Waals surface area (Å²) in [6.45, 7) is 17.3. The molecule has 2 rings (SSSR count). The van der Waals surface area contributed by atoms with Gasteiger partial charge in [-0.1, -0.05) is 41.5 Å². The molecule has 0 spiro atoms. The van der Waals surface area contributed by atoms with Gasteiger partial charge < -0.3 is 19.8 Å². The normalized spacial score (nSPS) is 30.0. The van der Waals surface area contributed by atoms with Gasteiger partial charge in [0.15, 0.2) is 0 Å². The van der Waals surface area contributed by atoms with Crippen molar-refractivity contribution in [2.45, 2.75) is 125 Å². The third-order valence-electron chi connectivity index (χ3n) is 8.63. The summed E-state index contributed by atoms with van der Waals surface area (Å²) in [7, 11) is 0. The highest BCUT2D eigenvalue weighted by molar-refractivity contribution is 5.69. The number of esters is 1. The van der Waals surface area contributed by atoms with Crippen LogP contribution >= 0.6 is 0 Å². The molecule has 2 N–H and O–H groups in total. The lowest BCUT2D eigenvalue weighted by Crippen LogP contribution is -2.47. The smallest absolute Gasteiger partial charge is 0.305 e. The second-order valence-electron chi connectivity index (χ2n) is 12.1. The Bertz CT molecular complexity index is 579. The van der Waals surface area contributed by atoms with E-state index in [1.807, 2.05) is 13.8 Å². The fraction of sp³-hybridized carbons (Fsp3) is 0.967. The highest BCUT2D eigenvalue weighted by Gasteiger charge is 2.52. The molecule has 35 heavy (non-hydrogen) atoms. The Kier molecular flexibility index (Phi) is 15.0. The highest BCUT2D eigenvalue weighted by Crippen LogP contribution is 2.63. The van der Waals surface area contributed by atoms with Crippen molar-refractivity contribution in [1.29, 1.82) is 0 Å². The van der Waals surface area contributed by atoms with E-state index in [9.17, 15) is 15.0 Å². The summed E-state index contributed by atoms with van der Waals surface area (Å²) in [5.74, 6) is 0.689. The number of hydrogen-bond donors (Lipinski definition) is 2. The summed E-state index contributed by atoms with van der Waals surface area (Å²) >= 11 is 0. The maximum absolute atomic E-state index is 12.1. The molecule has 0 aromatic rings. The SMILES string of the molecule is CC.CCN(CC)CCCC(=O)OCCCC1(C)CC2CC(C)(CCCO)CC(CCCO)(C2)C1. The molecule has 4 unspecified atom stereocenters. The van der Waals surface area contributed by atoms with Gasteiger partial charge in [-0.15, -0.1) is 0 Å². The van der Waals surface area contributed by atoms with Gasteiger partial charge >= 0.3 is 5.97 Å². The number of aliphatic hydroxyl groups excluding tert-OH is 2. The van der Waals surface area contributed by atoms with Crippen LogP contribution in [0, 0.1) is 22.2 Å². The second kappa shape index (κ2) is 16.2. The molecule has 0 aromatic carbocycles. The molecule has 2 fully saturated rings. The van der Waals surface area contributed by atoms with Crippen molar-refractivity contribution in [3.63, 3.8) is 0 Å². The van der Waals surface area contributed by atoms with Gasteiger partial charge in [0.1, 0.15) is 0 Å². The van der Waals surface area contributed by atoms with Crippen LogP contribution in [-0.2, 0) is 9.53 Å². The Morgan fingerprint density at radius 2 is 1.40 bits per heavy atom. The monoisotopic (exact) mass is 497 g/mol. The van der Waals surface area contributed by atoms with E-state index < -0.39 is 0 Å². The molecule has 0 heterocycles. The molecule has 0 radical (unpaired) electrons. The Labute approximate surface area is 217 Å². The Balaban J connectivity index is 0.00000298. The molecule has 2 aliphatic rings. The largest absolute Gasteiger partial charge is 0.466 e. The van der Waals surface area contributed by atoms with Crippen molar-refractivity contribution in [1.82, 2.24) is 4.90 Å². The molecule has 5 heteroatoms. The van der Waals surface area contributed by atoms with Crippen LogP contribution in [0.2, 0.25) is 0 Å². The third-order valence-corrected chi connectivity index (χ3v) is 8.63. The number of rotatable bonds is 16. The quantitative estimate of drug-likeness (QED) is 0.186. The molecule has 2 saturated carbocycles. The molecular weight excluding hydrogens is 438 g/mol. The average Bonchev–Trinajstić information content (AvgIpc) is 2.82. The number of carbonyl (C=O) groups is 1. The van der Waals surface area contributed by atoms with Gasteiger partial charge in [-0.3, -0.25) is 4.79 Å². The zero-order valence-corrected chi connectivity index (χ0v) is 24.2. The van der Waals surface area contributed by atoms with E-state index in [-0.39, 0.29) is 19.2 Å². The zero-order valence-electron chi connectivity index (χ0n) is 24.2. The van der Waals surface area contributed by atoms with Crippen molar-refractivity contribution in [2.24, 2.45) is 22.2 Å². The minimum Gasteiger partial charge on any atom is -0.466 e. The molecule has 2 aliphatic carbocycles. The van der Waals surface area contributed by atoms with Gasteiger partial charge in [0.05, 0.1) is 6.61 Å². The van der Waals surface area contributed by atoms with Crippen molar-refractivity contribution in [3.8, 4) is 0 Å². The van der Waals surface area contributed by atoms with Crippen LogP contribution in [0.5, 0.6) is 0 Å². The van der Waals surface area contributed by atoms with Gasteiger partial charge in [0.2, 0.25) is 0 Å². The minimum absolute atomic E-state index is 0.0492. The predicted octanol–water partition coefficient (Wildman–Crippen LogP) is 6.60. The summed E-state index contributed by atoms with van der Waals surface area (Å²) in [6.07, 6.45) is 13.8. The highest BCUT2D eigenvalue weighted by atomic mass is 16.5. The molecule has 0 saturated heterocycles. The standard InChI is InChI=1S/C28H53NO4.C2H6/c1-5-29(6-2)15-7-11-25(32)33-18-10-13-27(4)20-24-19-26(3,12-8-16-30)22-28(21-24,23-27)14-9-17-31;1-2/h24,30-31H,5-23H2,1-4H3;1-2H3. The number of fused-ring (bicyclic) bond motifs is 2. The molecule has 2 bridgehead atoms. The maximum atomic E-state index is 12.1. The summed E-state index contributed by atoms with van der Waals surface area (Å²) in [4.78, 5) is 14.5. The van der Waals surface area contributed by atoms with Crippen LogP contribution in [0.1, 0.15) is 125 Å². The van der Waals surface area contributed by atoms with Crippen LogP contribution in [0.15, 0.2) is 0 Å². The number of ether oxygens (including phenoxy) is 1. The van der Waals surface area contributed by atoms with Crippen molar-refractivity contribution >= 4 is 5.97 Å². The molecule has 208 valence electrons. The first-order chi connectivity index (χ1) is 16.7. The minimum atomic E-state index is -0.0492. The number of carbonyl (C=O) groups excluding carboxylic acids is 1. The van der Waals surface area contributed by atoms with Crippen LogP contribution < -0.4 is 0 Å². The summed E-state index contributed by atoms with van der Waals surface area (Å²) < 4.78 is 5.57. The number of nitrogens with zero attached hydrogens (tertiary/aromatic N) is 1. The van der Waals surface area contributed by atoms with E-state index in [1.165, 1.54) is 32.1 Å². The topological polar surface area (TPSA) is 70.0 Å². The zero-order chi connectivity index (χ0) is 26.4. The Hall–Kier alpha value is -0.650. The Morgan fingerprint density at radius 3 is 1.94 bits per heavy atom. The molecule has 4 atom stereocenters. The lowest BCUT2D eigenvalue weighted by molar-refractivity contribution is -0.144. The third kappa shape index (κ3) is 11.1. The molecule has 5 nitrogen and oxygen atoms in total. The lowest BCUT2D eigenvalue weighted by Gasteiger charge is -2.58. The summed E-state index contributed by atoms with van der Waals surface area (Å²) in [6, 6.07) is 0. The first-order valence-corrected chi connectivity index (χ1v) is 14.8. The lowest BCUT2D eigenvalue weighted by atomic mass is 9.47. The first-order valence-electron chi connectivity index (χ1n) is 14.8. The van der Waals surface area contributed by atoms with Gasteiger partial charge in [-0.05, 0) is 119 Å². The van der Waals surface area contributed by atoms with E-state index in [4.69, 9.17) is 4.74 Å². The molecule has 0 aromatic heterocycles. The van der Waals surface area contributed by atoms with Crippen molar-refractivity contribution < 1.29 is 19.7 Å². The summed E-state index contributed by atoms with van der Waals surface area (Å²) in [5, 5.41) is 18.9. The van der Waals surface area contributed by atoms with E-state index in [0.717, 1.165) is 70.5 Å². The van der Waals surface area contributed by atoms with Gasteiger partial charge in [-0.25, -0.2) is 0 Å². The fourth-order valence-electron chi connectivity index (χ4n) is 7.75. The Morgan fingerprint density at radius 1 is 0.857 bits per heavy atom. The van der Waals surface area contributed by atoms with Crippen LogP contribution in [0.4, 0.5) is 0 Å². The van der Waals surface area contributed by atoms with Crippen LogP contribution in [-0.4, -0.2) is 60.5 Å². The molecule has 0 amide bonds. The van der Waals surface area contributed by atoms with Crippen molar-refractivity contribution in [3.05, 3.63) is 0 Å². The van der Waals surface area contributed by atoms with Crippen LogP contribution in [0.3, 0.4) is 0 Å². The van der Waals surface area contributed by atoms with E-state index in [0.29, 0.717) is 29.3 Å². The molecule has 0 aliphatic heterocycles. The average molecular weight is 498 g/mol.